The molecule has 1 unspecified atom stereocenters. The number of piperazine rings is 1. The molecule has 0 radical (unpaired) electrons. The van der Waals surface area contributed by atoms with Crippen LogP contribution in [-0.2, 0) is 4.79 Å². The van der Waals surface area contributed by atoms with Gasteiger partial charge < -0.3 is 5.32 Å². The summed E-state index contributed by atoms with van der Waals surface area (Å²) >= 11 is 0. The highest BCUT2D eigenvalue weighted by atomic mass is 16.2. The standard InChI is InChI=1S/C14H26N4O/c1-5-6-16-13(19)12(2)17-7-9-18(10-8-17)14(3,4)11-15/h12H,5-10H2,1-4H3,(H,16,19). The molecule has 19 heavy (non-hydrogen) atoms. The van der Waals surface area contributed by atoms with Crippen LogP contribution in [0, 0.1) is 11.3 Å². The van der Waals surface area contributed by atoms with Crippen LogP contribution >= 0.6 is 0 Å². The average Bonchev–Trinajstić information content (AvgIpc) is 2.44. The van der Waals surface area contributed by atoms with E-state index in [4.69, 9.17) is 5.26 Å². The molecule has 0 spiro atoms. The van der Waals surface area contributed by atoms with Gasteiger partial charge in [0, 0.05) is 32.7 Å². The van der Waals surface area contributed by atoms with Gasteiger partial charge in [0.2, 0.25) is 5.91 Å². The number of nitrogens with one attached hydrogen (secondary N) is 1. The summed E-state index contributed by atoms with van der Waals surface area (Å²) in [6.07, 6.45) is 0.961. The van der Waals surface area contributed by atoms with E-state index in [0.29, 0.717) is 0 Å². The van der Waals surface area contributed by atoms with Crippen LogP contribution in [0.15, 0.2) is 0 Å². The molecule has 1 rings (SSSR count). The Morgan fingerprint density at radius 3 is 2.42 bits per heavy atom. The number of rotatable bonds is 5. The van der Waals surface area contributed by atoms with Gasteiger partial charge in [-0.25, -0.2) is 0 Å². The minimum absolute atomic E-state index is 0.0844. The van der Waals surface area contributed by atoms with Crippen LogP contribution in [0.5, 0.6) is 0 Å². The summed E-state index contributed by atoms with van der Waals surface area (Å²) < 4.78 is 0. The van der Waals surface area contributed by atoms with Crippen molar-refractivity contribution in [1.29, 1.82) is 5.26 Å². The number of carbonyl (C=O) groups excluding carboxylic acids is 1. The molecule has 5 heteroatoms. The maximum atomic E-state index is 11.9. The van der Waals surface area contributed by atoms with Gasteiger partial charge in [0.15, 0.2) is 0 Å². The van der Waals surface area contributed by atoms with Gasteiger partial charge in [-0.2, -0.15) is 5.26 Å². The lowest BCUT2D eigenvalue weighted by Gasteiger charge is -2.42. The lowest BCUT2D eigenvalue weighted by Crippen LogP contribution is -2.58. The second kappa shape index (κ2) is 6.88. The Hall–Kier alpha value is -1.12. The summed E-state index contributed by atoms with van der Waals surface area (Å²) in [5.41, 5.74) is -0.417. The summed E-state index contributed by atoms with van der Waals surface area (Å²) in [4.78, 5) is 16.3. The number of carbonyl (C=O) groups is 1. The number of hydrogen-bond acceptors (Lipinski definition) is 4. The fraction of sp³-hybridized carbons (Fsp3) is 0.857. The van der Waals surface area contributed by atoms with E-state index in [1.165, 1.54) is 0 Å². The first kappa shape index (κ1) is 15.9. The maximum absolute atomic E-state index is 11.9. The molecule has 1 atom stereocenters. The molecule has 1 aliphatic rings. The molecule has 1 aliphatic heterocycles. The van der Waals surface area contributed by atoms with Crippen molar-refractivity contribution in [3.63, 3.8) is 0 Å². The van der Waals surface area contributed by atoms with E-state index in [9.17, 15) is 4.79 Å². The van der Waals surface area contributed by atoms with Gasteiger partial charge in [0.05, 0.1) is 12.1 Å². The summed E-state index contributed by atoms with van der Waals surface area (Å²) in [7, 11) is 0. The second-order valence-electron chi connectivity index (χ2n) is 5.66. The van der Waals surface area contributed by atoms with E-state index in [-0.39, 0.29) is 11.9 Å². The highest BCUT2D eigenvalue weighted by molar-refractivity contribution is 5.81. The van der Waals surface area contributed by atoms with E-state index >= 15 is 0 Å². The lowest BCUT2D eigenvalue weighted by atomic mass is 10.0. The number of nitrogens with zero attached hydrogens (tertiary/aromatic N) is 3. The van der Waals surface area contributed by atoms with Crippen LogP contribution in [0.2, 0.25) is 0 Å². The number of nitriles is 1. The molecule has 0 aromatic rings. The summed E-state index contributed by atoms with van der Waals surface area (Å²) in [6, 6.07) is 2.25. The highest BCUT2D eigenvalue weighted by Crippen LogP contribution is 2.17. The van der Waals surface area contributed by atoms with Crippen molar-refractivity contribution >= 4 is 5.91 Å². The smallest absolute Gasteiger partial charge is 0.237 e. The molecule has 0 aliphatic carbocycles. The van der Waals surface area contributed by atoms with Crippen molar-refractivity contribution in [1.82, 2.24) is 15.1 Å². The average molecular weight is 266 g/mol. The van der Waals surface area contributed by atoms with E-state index in [1.54, 1.807) is 0 Å². The Morgan fingerprint density at radius 1 is 1.37 bits per heavy atom. The fourth-order valence-electron chi connectivity index (χ4n) is 2.30. The fourth-order valence-corrected chi connectivity index (χ4v) is 2.30. The van der Waals surface area contributed by atoms with Gasteiger partial charge >= 0.3 is 0 Å². The first-order valence-corrected chi connectivity index (χ1v) is 7.10. The van der Waals surface area contributed by atoms with Crippen LogP contribution in [0.25, 0.3) is 0 Å². The first-order valence-electron chi connectivity index (χ1n) is 7.10. The van der Waals surface area contributed by atoms with E-state index in [2.05, 4.69) is 21.2 Å². The molecule has 0 bridgehead atoms. The van der Waals surface area contributed by atoms with Crippen LogP contribution in [0.3, 0.4) is 0 Å². The van der Waals surface area contributed by atoms with Gasteiger partial charge in [-0.1, -0.05) is 6.92 Å². The van der Waals surface area contributed by atoms with Crippen LogP contribution in [0.1, 0.15) is 34.1 Å². The van der Waals surface area contributed by atoms with Gasteiger partial charge in [0.1, 0.15) is 5.54 Å². The van der Waals surface area contributed by atoms with Gasteiger partial charge in [0.25, 0.3) is 0 Å². The highest BCUT2D eigenvalue weighted by Gasteiger charge is 2.32. The Balaban J connectivity index is 2.46. The number of hydrogen-bond donors (Lipinski definition) is 1. The van der Waals surface area contributed by atoms with Crippen molar-refractivity contribution in [3.05, 3.63) is 0 Å². The quantitative estimate of drug-likeness (QED) is 0.800. The topological polar surface area (TPSA) is 59.4 Å². The minimum atomic E-state index is -0.417. The van der Waals surface area contributed by atoms with Crippen molar-refractivity contribution in [2.75, 3.05) is 32.7 Å². The van der Waals surface area contributed by atoms with Crippen LogP contribution < -0.4 is 5.32 Å². The zero-order valence-corrected chi connectivity index (χ0v) is 12.6. The van der Waals surface area contributed by atoms with Crippen molar-refractivity contribution in [2.45, 2.75) is 45.7 Å². The van der Waals surface area contributed by atoms with E-state index < -0.39 is 5.54 Å². The molecule has 1 N–H and O–H groups in total. The van der Waals surface area contributed by atoms with E-state index in [1.807, 2.05) is 27.7 Å². The Bertz CT molecular complexity index is 340. The molecule has 0 saturated carbocycles. The Labute approximate surface area is 116 Å². The SMILES string of the molecule is CCCNC(=O)C(C)N1CCN(C(C)(C)C#N)CC1. The Kier molecular flexibility index (Phi) is 5.77. The van der Waals surface area contributed by atoms with Crippen molar-refractivity contribution in [3.8, 4) is 6.07 Å². The molecule has 1 saturated heterocycles. The summed E-state index contributed by atoms with van der Waals surface area (Å²) in [5, 5.41) is 12.1. The maximum Gasteiger partial charge on any atom is 0.237 e. The molecule has 1 fully saturated rings. The van der Waals surface area contributed by atoms with Crippen LogP contribution in [0.4, 0.5) is 0 Å². The zero-order chi connectivity index (χ0) is 14.5. The third-order valence-corrected chi connectivity index (χ3v) is 3.85. The molecule has 108 valence electrons. The molecular weight excluding hydrogens is 240 g/mol. The monoisotopic (exact) mass is 266 g/mol. The van der Waals surface area contributed by atoms with Gasteiger partial charge in [-0.15, -0.1) is 0 Å². The zero-order valence-electron chi connectivity index (χ0n) is 12.6. The largest absolute Gasteiger partial charge is 0.355 e. The van der Waals surface area contributed by atoms with Crippen molar-refractivity contribution < 1.29 is 4.79 Å². The summed E-state index contributed by atoms with van der Waals surface area (Å²) in [5.74, 6) is 0.106. The molecule has 1 heterocycles. The third-order valence-electron chi connectivity index (χ3n) is 3.85. The van der Waals surface area contributed by atoms with E-state index in [0.717, 1.165) is 39.1 Å². The first-order chi connectivity index (χ1) is 8.92. The van der Waals surface area contributed by atoms with Crippen molar-refractivity contribution in [2.24, 2.45) is 0 Å². The molecule has 5 nitrogen and oxygen atoms in total. The predicted molar refractivity (Wildman–Crippen MR) is 75.6 cm³/mol. The number of amides is 1. The van der Waals surface area contributed by atoms with Crippen LogP contribution in [-0.4, -0.2) is 60.0 Å². The molecule has 1 amide bonds. The minimum Gasteiger partial charge on any atom is -0.355 e. The molecule has 0 aromatic heterocycles. The molecule has 0 aromatic carbocycles. The predicted octanol–water partition coefficient (Wildman–Crippen LogP) is 0.821. The second-order valence-corrected chi connectivity index (χ2v) is 5.66. The lowest BCUT2D eigenvalue weighted by molar-refractivity contribution is -0.126. The van der Waals surface area contributed by atoms with Gasteiger partial charge in [-0.3, -0.25) is 14.6 Å². The normalized spacial score (nSPS) is 19.7. The Morgan fingerprint density at radius 2 is 1.95 bits per heavy atom. The third kappa shape index (κ3) is 4.19. The molecular formula is C14H26N4O. The summed E-state index contributed by atoms with van der Waals surface area (Å²) in [6.45, 7) is 12.0. The van der Waals surface area contributed by atoms with Gasteiger partial charge in [-0.05, 0) is 27.2 Å².